The summed E-state index contributed by atoms with van der Waals surface area (Å²) in [4.78, 5) is 1.72. The second-order valence-corrected chi connectivity index (χ2v) is 9.53. The van der Waals surface area contributed by atoms with Gasteiger partial charge in [-0.05, 0) is 44.1 Å². The van der Waals surface area contributed by atoms with E-state index in [0.29, 0.717) is 5.75 Å². The number of methoxy groups -OCH3 is 1. The molecular weight excluding hydrogens is 348 g/mol. The van der Waals surface area contributed by atoms with Crippen molar-refractivity contribution in [3.8, 4) is 17.6 Å². The number of hydrogen-bond acceptors (Lipinski definition) is 6. The highest BCUT2D eigenvalue weighted by Gasteiger charge is 2.80. The van der Waals surface area contributed by atoms with Crippen LogP contribution in [-0.4, -0.2) is 53.0 Å². The van der Waals surface area contributed by atoms with Crippen molar-refractivity contribution in [2.75, 3.05) is 20.7 Å². The van der Waals surface area contributed by atoms with Gasteiger partial charge in [0.05, 0.1) is 11.5 Å². The van der Waals surface area contributed by atoms with E-state index in [9.17, 15) is 10.4 Å². The Morgan fingerprint density at radius 3 is 3.04 bits per heavy atom. The molecule has 0 radical (unpaired) electrons. The van der Waals surface area contributed by atoms with E-state index in [0.717, 1.165) is 24.9 Å². The molecule has 6 heteroatoms. The number of benzene rings is 1. The standard InChI is InChI=1S/C20H20N2O3S/c1-22-8-7-19-15-11-3-4-12(23)16(15)25-17(19)20(24-2)6-5-18(19,13(22)9-11)14(10-21)26-20/h3-6,13-14,17,23H,7-9H2,1-2H3/t13-,14?,17-,18+,19+,20-/m1/s1. The summed E-state index contributed by atoms with van der Waals surface area (Å²) < 4.78 is 12.5. The van der Waals surface area contributed by atoms with Gasteiger partial charge in [0.2, 0.25) is 0 Å². The van der Waals surface area contributed by atoms with Gasteiger partial charge in [0, 0.05) is 24.1 Å². The Morgan fingerprint density at radius 1 is 1.42 bits per heavy atom. The Hall–Kier alpha value is -1.68. The Bertz CT molecular complexity index is 926. The second-order valence-electron chi connectivity index (χ2n) is 8.19. The van der Waals surface area contributed by atoms with Gasteiger partial charge < -0.3 is 19.5 Å². The minimum Gasteiger partial charge on any atom is -0.504 e. The van der Waals surface area contributed by atoms with Gasteiger partial charge in [-0.25, -0.2) is 0 Å². The molecule has 4 aliphatic heterocycles. The number of likely N-dealkylation sites (N-methyl/N-ethyl adjacent to an activating group) is 1. The minimum absolute atomic E-state index is 0.198. The van der Waals surface area contributed by atoms with Crippen molar-refractivity contribution >= 4 is 11.8 Å². The molecule has 2 aliphatic carbocycles. The monoisotopic (exact) mass is 368 g/mol. The first-order valence-electron chi connectivity index (χ1n) is 9.09. The highest BCUT2D eigenvalue weighted by atomic mass is 32.2. The maximum Gasteiger partial charge on any atom is 0.170 e. The zero-order valence-corrected chi connectivity index (χ0v) is 15.5. The Kier molecular flexibility index (Phi) is 2.61. The topological polar surface area (TPSA) is 65.7 Å². The molecule has 0 amide bonds. The number of rotatable bonds is 1. The van der Waals surface area contributed by atoms with Crippen LogP contribution in [0.1, 0.15) is 17.5 Å². The lowest BCUT2D eigenvalue weighted by atomic mass is 9.43. The molecule has 0 aromatic heterocycles. The van der Waals surface area contributed by atoms with E-state index in [4.69, 9.17) is 9.47 Å². The number of hydrogen-bond donors (Lipinski definition) is 1. The van der Waals surface area contributed by atoms with Gasteiger partial charge in [0.15, 0.2) is 22.5 Å². The van der Waals surface area contributed by atoms with Gasteiger partial charge in [0.25, 0.3) is 0 Å². The summed E-state index contributed by atoms with van der Waals surface area (Å²) in [6.45, 7) is 0.956. The third-order valence-corrected chi connectivity index (χ3v) is 9.23. The largest absolute Gasteiger partial charge is 0.504 e. The Labute approximate surface area is 156 Å². The van der Waals surface area contributed by atoms with Gasteiger partial charge in [-0.3, -0.25) is 0 Å². The number of fused-ring (bicyclic) bond motifs is 1. The normalized spacial score (nSPS) is 46.6. The molecule has 7 rings (SSSR count). The van der Waals surface area contributed by atoms with E-state index in [2.05, 4.69) is 30.2 Å². The average molecular weight is 368 g/mol. The molecule has 2 fully saturated rings. The Morgan fingerprint density at radius 2 is 2.27 bits per heavy atom. The van der Waals surface area contributed by atoms with E-state index < -0.39 is 4.93 Å². The number of piperidine rings is 1. The molecule has 4 bridgehead atoms. The predicted octanol–water partition coefficient (Wildman–Crippen LogP) is 2.19. The first-order valence-corrected chi connectivity index (χ1v) is 9.97. The van der Waals surface area contributed by atoms with Gasteiger partial charge >= 0.3 is 0 Å². The number of likely N-dealkylation sites (tertiary alicyclic amines) is 1. The van der Waals surface area contributed by atoms with Crippen LogP contribution in [-0.2, 0) is 16.6 Å². The quantitative estimate of drug-likeness (QED) is 0.767. The summed E-state index contributed by atoms with van der Waals surface area (Å²) >= 11 is 1.58. The van der Waals surface area contributed by atoms with Gasteiger partial charge in [0.1, 0.15) is 5.25 Å². The summed E-state index contributed by atoms with van der Waals surface area (Å²) in [6.07, 6.45) is 5.94. The third kappa shape index (κ3) is 1.27. The lowest BCUT2D eigenvalue weighted by Gasteiger charge is -2.70. The fourth-order valence-electron chi connectivity index (χ4n) is 6.62. The molecule has 1 aromatic carbocycles. The van der Waals surface area contributed by atoms with Gasteiger partial charge in [-0.2, -0.15) is 5.26 Å². The molecule has 134 valence electrons. The third-order valence-electron chi connectivity index (χ3n) is 7.61. The molecule has 1 N–H and O–H groups in total. The van der Waals surface area contributed by atoms with E-state index >= 15 is 0 Å². The minimum atomic E-state index is -0.692. The molecule has 6 atom stereocenters. The van der Waals surface area contributed by atoms with E-state index in [1.807, 2.05) is 6.07 Å². The molecule has 6 aliphatic rings. The van der Waals surface area contributed by atoms with Crippen LogP contribution < -0.4 is 4.74 Å². The molecule has 1 aromatic rings. The number of thioether (sulfide) groups is 1. The predicted molar refractivity (Wildman–Crippen MR) is 97.2 cm³/mol. The van der Waals surface area contributed by atoms with Crippen LogP contribution >= 0.6 is 11.8 Å². The van der Waals surface area contributed by atoms with Crippen LogP contribution in [0.15, 0.2) is 24.3 Å². The lowest BCUT2D eigenvalue weighted by molar-refractivity contribution is -0.122. The summed E-state index contributed by atoms with van der Waals surface area (Å²) in [5.41, 5.74) is 1.74. The van der Waals surface area contributed by atoms with Gasteiger partial charge in [-0.15, -0.1) is 0 Å². The van der Waals surface area contributed by atoms with Crippen LogP contribution in [0.2, 0.25) is 0 Å². The Balaban J connectivity index is 1.77. The summed E-state index contributed by atoms with van der Waals surface area (Å²) in [5, 5.41) is 20.5. The molecule has 4 heterocycles. The number of nitriles is 1. The fraction of sp³-hybridized carbons (Fsp3) is 0.550. The second kappa shape index (κ2) is 4.41. The zero-order chi connectivity index (χ0) is 17.9. The van der Waals surface area contributed by atoms with Crippen LogP contribution in [0.25, 0.3) is 0 Å². The number of phenols is 1. The fourth-order valence-corrected chi connectivity index (χ4v) is 8.30. The van der Waals surface area contributed by atoms with Crippen molar-refractivity contribution in [1.29, 1.82) is 5.26 Å². The first-order chi connectivity index (χ1) is 12.5. The summed E-state index contributed by atoms with van der Waals surface area (Å²) in [5.74, 6) is 0.813. The number of ether oxygens (including phenoxy) is 2. The van der Waals surface area contributed by atoms with Crippen LogP contribution in [0, 0.1) is 16.7 Å². The highest BCUT2D eigenvalue weighted by molar-refractivity contribution is 8.01. The van der Waals surface area contributed by atoms with Crippen molar-refractivity contribution in [2.45, 2.75) is 40.6 Å². The van der Waals surface area contributed by atoms with Crippen molar-refractivity contribution in [1.82, 2.24) is 4.90 Å². The molecule has 2 saturated heterocycles. The van der Waals surface area contributed by atoms with Crippen molar-refractivity contribution in [3.63, 3.8) is 0 Å². The molecule has 5 nitrogen and oxygen atoms in total. The maximum absolute atomic E-state index is 10.6. The smallest absolute Gasteiger partial charge is 0.170 e. The van der Waals surface area contributed by atoms with Crippen molar-refractivity contribution in [2.24, 2.45) is 5.41 Å². The summed E-state index contributed by atoms with van der Waals surface area (Å²) in [6, 6.07) is 6.64. The molecular formula is C20H20N2O3S. The maximum atomic E-state index is 10.6. The highest BCUT2D eigenvalue weighted by Crippen LogP contribution is 2.75. The molecule has 0 saturated carbocycles. The number of aromatic hydroxyl groups is 1. The van der Waals surface area contributed by atoms with Crippen LogP contribution in [0.5, 0.6) is 11.5 Å². The van der Waals surface area contributed by atoms with Gasteiger partial charge in [-0.1, -0.05) is 23.9 Å². The van der Waals surface area contributed by atoms with Crippen molar-refractivity contribution in [3.05, 3.63) is 35.4 Å². The van der Waals surface area contributed by atoms with E-state index in [1.165, 1.54) is 5.56 Å². The lowest BCUT2D eigenvalue weighted by Crippen LogP contribution is -2.78. The van der Waals surface area contributed by atoms with E-state index in [1.54, 1.807) is 24.9 Å². The SMILES string of the molecule is CO[C@]12C=C[C@@]3(C(C#N)S1)[C@H]1Cc4ccc(O)c5c4[C@@]3(CCN1C)[C@H]2O5. The van der Waals surface area contributed by atoms with Crippen LogP contribution in [0.3, 0.4) is 0 Å². The zero-order valence-electron chi connectivity index (χ0n) is 14.7. The van der Waals surface area contributed by atoms with Crippen molar-refractivity contribution < 1.29 is 14.6 Å². The summed E-state index contributed by atoms with van der Waals surface area (Å²) in [7, 11) is 3.87. The van der Waals surface area contributed by atoms with E-state index in [-0.39, 0.29) is 34.0 Å². The molecule has 26 heavy (non-hydrogen) atoms. The average Bonchev–Trinajstić information content (AvgIpc) is 3.03. The molecule has 1 unspecified atom stereocenters. The number of phenolic OH excluding ortho intramolecular Hbond substituents is 1. The molecule has 2 spiro atoms. The number of nitrogens with zero attached hydrogens (tertiary/aromatic N) is 2. The first kappa shape index (κ1) is 15.4. The van der Waals surface area contributed by atoms with Crippen LogP contribution in [0.4, 0.5) is 0 Å².